The van der Waals surface area contributed by atoms with Gasteiger partial charge >= 0.3 is 0 Å². The molecular formula is C40H28NO3P. The van der Waals surface area contributed by atoms with Crippen LogP contribution in [-0.4, -0.2) is 12.1 Å². The normalized spacial score (nSPS) is 16.8. The molecule has 7 aromatic rings. The lowest BCUT2D eigenvalue weighted by Crippen LogP contribution is -2.46. The van der Waals surface area contributed by atoms with Crippen LogP contribution in [0.25, 0.3) is 45.2 Å². The first-order chi connectivity index (χ1) is 22.1. The maximum Gasteiger partial charge on any atom is 0.171 e. The molecule has 0 bridgehead atoms. The Labute approximate surface area is 260 Å². The predicted molar refractivity (Wildman–Crippen MR) is 185 cm³/mol. The van der Waals surface area contributed by atoms with Crippen molar-refractivity contribution in [2.24, 2.45) is 0 Å². The minimum absolute atomic E-state index is 0.0471. The molecule has 6 aromatic carbocycles. The summed E-state index contributed by atoms with van der Waals surface area (Å²) >= 11 is 0. The van der Waals surface area contributed by atoms with E-state index in [1.54, 1.807) is 0 Å². The molecule has 0 saturated carbocycles. The summed E-state index contributed by atoms with van der Waals surface area (Å²) in [5.74, 6) is 0.850. The van der Waals surface area contributed by atoms with Crippen LogP contribution in [0.1, 0.15) is 0 Å². The van der Waals surface area contributed by atoms with Crippen molar-refractivity contribution < 1.29 is 13.7 Å². The Morgan fingerprint density at radius 3 is 1.89 bits per heavy atom. The molecule has 5 heteroatoms. The predicted octanol–water partition coefficient (Wildman–Crippen LogP) is 6.71. The largest absolute Gasteiger partial charge is 0.482 e. The van der Waals surface area contributed by atoms with Gasteiger partial charge in [-0.05, 0) is 70.1 Å². The maximum absolute atomic E-state index is 14.9. The number of anilines is 1. The average molecular weight is 602 g/mol. The zero-order chi connectivity index (χ0) is 30.0. The summed E-state index contributed by atoms with van der Waals surface area (Å²) in [6.07, 6.45) is 4.40. The smallest absolute Gasteiger partial charge is 0.171 e. The topological polar surface area (TPSA) is 51.5 Å². The number of nitrogens with one attached hydrogen (secondary N) is 1. The van der Waals surface area contributed by atoms with E-state index in [0.717, 1.165) is 60.4 Å². The number of rotatable bonds is 4. The zero-order valence-electron chi connectivity index (χ0n) is 24.3. The van der Waals surface area contributed by atoms with Crippen molar-refractivity contribution in [3.8, 4) is 16.9 Å². The van der Waals surface area contributed by atoms with Crippen LogP contribution >= 0.6 is 7.14 Å². The molecule has 0 amide bonds. The van der Waals surface area contributed by atoms with Gasteiger partial charge in [-0.25, -0.2) is 0 Å². The average Bonchev–Trinajstić information content (AvgIpc) is 3.47. The fourth-order valence-corrected chi connectivity index (χ4v) is 9.39. The van der Waals surface area contributed by atoms with Crippen molar-refractivity contribution in [3.63, 3.8) is 0 Å². The minimum Gasteiger partial charge on any atom is -0.482 e. The Balaban J connectivity index is 1.09. The van der Waals surface area contributed by atoms with Crippen LogP contribution in [0.2, 0.25) is 0 Å². The van der Waals surface area contributed by atoms with Crippen LogP contribution in [0, 0.1) is 0 Å². The molecule has 0 saturated heterocycles. The lowest BCUT2D eigenvalue weighted by molar-refractivity contribution is 0.248. The van der Waals surface area contributed by atoms with Crippen LogP contribution in [0.3, 0.4) is 0 Å². The van der Waals surface area contributed by atoms with E-state index in [9.17, 15) is 4.57 Å². The molecule has 1 N–H and O–H groups in total. The molecule has 0 fully saturated rings. The molecule has 9 rings (SSSR count). The van der Waals surface area contributed by atoms with Crippen LogP contribution in [0.5, 0.6) is 5.75 Å². The third-order valence-corrected chi connectivity index (χ3v) is 12.1. The highest BCUT2D eigenvalue weighted by Gasteiger charge is 2.31. The standard InChI is InChI=1S/C40H28NO3P/c42-45(30-11-3-1-4-12-30,31-13-5-2-6-14-31)32-17-19-34-33-18-15-29(23-38(33)44-39(34)25-32)28-16-20-37-35(22-28)41-36-21-26-9-7-8-10-27(26)24-40(36)43-37/h1-25,36,40-41H. The van der Waals surface area contributed by atoms with Crippen LogP contribution < -0.4 is 36.4 Å². The molecule has 2 heterocycles. The Morgan fingerprint density at radius 2 is 1.16 bits per heavy atom. The number of furan rings is 1. The molecular weight excluding hydrogens is 573 g/mol. The first kappa shape index (κ1) is 26.1. The van der Waals surface area contributed by atoms with E-state index in [1.165, 1.54) is 10.4 Å². The fraction of sp³-hybridized carbons (Fsp3) is 0.0500. The van der Waals surface area contributed by atoms with Crippen LogP contribution in [0.15, 0.2) is 144 Å². The van der Waals surface area contributed by atoms with Gasteiger partial charge in [0.15, 0.2) is 7.14 Å². The van der Waals surface area contributed by atoms with Crippen molar-refractivity contribution in [1.29, 1.82) is 0 Å². The van der Waals surface area contributed by atoms with Gasteiger partial charge in [-0.2, -0.15) is 0 Å². The SMILES string of the molecule is O=P(c1ccccc1)(c1ccccc1)c1ccc2c(c1)oc1cc(-c3ccc4c(c3)NC3C=c5ccccc5=CC3O4)ccc12. The molecule has 45 heavy (non-hydrogen) atoms. The van der Waals surface area contributed by atoms with E-state index in [1.807, 2.05) is 84.9 Å². The fourth-order valence-electron chi connectivity index (χ4n) is 6.73. The summed E-state index contributed by atoms with van der Waals surface area (Å²) in [7, 11) is -3.10. The van der Waals surface area contributed by atoms with Crippen molar-refractivity contribution in [3.05, 3.63) is 150 Å². The Morgan fingerprint density at radius 1 is 0.556 bits per heavy atom. The second-order valence-corrected chi connectivity index (χ2v) is 14.5. The first-order valence-electron chi connectivity index (χ1n) is 15.2. The quantitative estimate of drug-likeness (QED) is 0.228. The lowest BCUT2D eigenvalue weighted by atomic mass is 9.97. The Kier molecular flexibility index (Phi) is 5.88. The first-order valence-corrected chi connectivity index (χ1v) is 16.9. The molecule has 216 valence electrons. The third-order valence-electron chi connectivity index (χ3n) is 9.01. The molecule has 1 aliphatic carbocycles. The Bertz CT molecular complexity index is 2390. The second kappa shape index (κ2) is 10.1. The van der Waals surface area contributed by atoms with Crippen molar-refractivity contribution in [2.75, 3.05) is 5.32 Å². The van der Waals surface area contributed by atoms with Gasteiger partial charge in [0.1, 0.15) is 23.0 Å². The number of benzene rings is 6. The summed E-state index contributed by atoms with van der Waals surface area (Å²) < 4.78 is 27.8. The third kappa shape index (κ3) is 4.25. The summed E-state index contributed by atoms with van der Waals surface area (Å²) in [5, 5.41) is 10.5. The molecule has 1 aliphatic heterocycles. The number of ether oxygens (including phenoxy) is 1. The molecule has 2 aliphatic rings. The van der Waals surface area contributed by atoms with E-state index in [2.05, 4.69) is 72.1 Å². The molecule has 0 radical (unpaired) electrons. The van der Waals surface area contributed by atoms with Crippen molar-refractivity contribution in [2.45, 2.75) is 12.1 Å². The Hall–Kier alpha value is -5.31. The van der Waals surface area contributed by atoms with Gasteiger partial charge in [0, 0.05) is 26.7 Å². The van der Waals surface area contributed by atoms with Gasteiger partial charge in [-0.3, -0.25) is 0 Å². The van der Waals surface area contributed by atoms with Gasteiger partial charge in [0.25, 0.3) is 0 Å². The highest BCUT2D eigenvalue weighted by molar-refractivity contribution is 7.85. The molecule has 2 atom stereocenters. The molecule has 0 spiro atoms. The van der Waals surface area contributed by atoms with E-state index >= 15 is 0 Å². The van der Waals surface area contributed by atoms with E-state index < -0.39 is 7.14 Å². The zero-order valence-corrected chi connectivity index (χ0v) is 25.2. The maximum atomic E-state index is 14.9. The molecule has 4 nitrogen and oxygen atoms in total. The van der Waals surface area contributed by atoms with Crippen molar-refractivity contribution >= 4 is 62.8 Å². The van der Waals surface area contributed by atoms with Gasteiger partial charge in [0.2, 0.25) is 0 Å². The summed E-state index contributed by atoms with van der Waals surface area (Å²) in [6, 6.07) is 46.6. The lowest BCUT2D eigenvalue weighted by Gasteiger charge is -2.33. The highest BCUT2D eigenvalue weighted by atomic mass is 31.2. The summed E-state index contributed by atoms with van der Waals surface area (Å²) in [5.41, 5.74) is 4.62. The minimum atomic E-state index is -3.10. The van der Waals surface area contributed by atoms with Gasteiger partial charge < -0.3 is 19.0 Å². The van der Waals surface area contributed by atoms with E-state index in [0.29, 0.717) is 0 Å². The van der Waals surface area contributed by atoms with E-state index in [4.69, 9.17) is 9.15 Å². The van der Waals surface area contributed by atoms with Crippen LogP contribution in [-0.2, 0) is 4.57 Å². The number of hydrogen-bond donors (Lipinski definition) is 1. The number of hydrogen-bond acceptors (Lipinski definition) is 4. The molecule has 1 aromatic heterocycles. The number of fused-ring (bicyclic) bond motifs is 6. The van der Waals surface area contributed by atoms with Gasteiger partial charge in [-0.1, -0.05) is 103 Å². The van der Waals surface area contributed by atoms with Crippen molar-refractivity contribution in [1.82, 2.24) is 0 Å². The van der Waals surface area contributed by atoms with E-state index in [-0.39, 0.29) is 12.1 Å². The summed E-state index contributed by atoms with van der Waals surface area (Å²) in [4.78, 5) is 0. The summed E-state index contributed by atoms with van der Waals surface area (Å²) in [6.45, 7) is 0. The van der Waals surface area contributed by atoms with Gasteiger partial charge in [-0.15, -0.1) is 0 Å². The second-order valence-electron chi connectivity index (χ2n) is 11.7. The van der Waals surface area contributed by atoms with Gasteiger partial charge in [0.05, 0.1) is 11.7 Å². The molecule has 2 unspecified atom stereocenters. The van der Waals surface area contributed by atoms with Crippen LogP contribution in [0.4, 0.5) is 5.69 Å². The highest BCUT2D eigenvalue weighted by Crippen LogP contribution is 2.44. The monoisotopic (exact) mass is 601 g/mol.